The Kier molecular flexibility index (Phi) is 6.72. The molecule has 2 amide bonds. The van der Waals surface area contributed by atoms with E-state index in [1.54, 1.807) is 29.6 Å². The predicted molar refractivity (Wildman–Crippen MR) is 119 cm³/mol. The number of hydrogen-bond acceptors (Lipinski definition) is 7. The van der Waals surface area contributed by atoms with Crippen LogP contribution in [0.4, 0.5) is 9.80 Å². The van der Waals surface area contributed by atoms with Gasteiger partial charge < -0.3 is 15.0 Å². The molecule has 0 saturated carbocycles. The van der Waals surface area contributed by atoms with Crippen molar-refractivity contribution < 1.29 is 14.3 Å². The van der Waals surface area contributed by atoms with Gasteiger partial charge in [-0.05, 0) is 36.6 Å². The Bertz CT molecular complexity index is 1140. The number of nitrogens with zero attached hydrogens (tertiary/aromatic N) is 4. The zero-order valence-corrected chi connectivity index (χ0v) is 18.1. The molecular formula is C23H21N5O3S. The number of nitriles is 1. The van der Waals surface area contributed by atoms with E-state index in [0.29, 0.717) is 36.5 Å². The fourth-order valence-electron chi connectivity index (χ4n) is 3.46. The maximum absolute atomic E-state index is 12.5. The highest BCUT2D eigenvalue weighted by atomic mass is 32.1. The van der Waals surface area contributed by atoms with Crippen molar-refractivity contribution in [3.63, 3.8) is 0 Å². The number of amides is 2. The molecule has 0 unspecified atom stereocenters. The van der Waals surface area contributed by atoms with E-state index < -0.39 is 6.09 Å². The fraction of sp³-hybridized carbons (Fsp3) is 0.261. The lowest BCUT2D eigenvalue weighted by Gasteiger charge is -2.26. The number of carbonyl (C=O) groups excluding carboxylic acids is 2. The minimum Gasteiger partial charge on any atom is -0.444 e. The second kappa shape index (κ2) is 10.0. The molecule has 0 radical (unpaired) electrons. The van der Waals surface area contributed by atoms with E-state index in [1.807, 2.05) is 24.3 Å². The van der Waals surface area contributed by atoms with Gasteiger partial charge in [0, 0.05) is 47.7 Å². The summed E-state index contributed by atoms with van der Waals surface area (Å²) < 4.78 is 5.40. The molecular weight excluding hydrogens is 426 g/mol. The van der Waals surface area contributed by atoms with Crippen molar-refractivity contribution in [1.82, 2.24) is 14.9 Å². The topological polar surface area (TPSA) is 108 Å². The second-order valence-electron chi connectivity index (χ2n) is 7.28. The molecule has 1 aliphatic heterocycles. The summed E-state index contributed by atoms with van der Waals surface area (Å²) in [7, 11) is 0. The largest absolute Gasteiger partial charge is 0.444 e. The number of aromatic nitrogens is 2. The Morgan fingerprint density at radius 1 is 1.25 bits per heavy atom. The van der Waals surface area contributed by atoms with Gasteiger partial charge in [0.15, 0.2) is 0 Å². The Balaban J connectivity index is 1.37. The van der Waals surface area contributed by atoms with Gasteiger partial charge in [-0.2, -0.15) is 5.26 Å². The molecule has 32 heavy (non-hydrogen) atoms. The first kappa shape index (κ1) is 21.5. The van der Waals surface area contributed by atoms with Gasteiger partial charge in [0.1, 0.15) is 17.7 Å². The number of rotatable bonds is 6. The van der Waals surface area contributed by atoms with Crippen molar-refractivity contribution in [1.29, 1.82) is 5.26 Å². The summed E-state index contributed by atoms with van der Waals surface area (Å²) in [5, 5.41) is 13.1. The molecule has 8 nitrogen and oxygen atoms in total. The summed E-state index contributed by atoms with van der Waals surface area (Å²) in [4.78, 5) is 35.7. The van der Waals surface area contributed by atoms with Crippen LogP contribution in [0, 0.1) is 11.3 Å². The molecule has 4 rings (SSSR count). The molecule has 1 N–H and O–H groups in total. The number of anilines is 1. The van der Waals surface area contributed by atoms with Gasteiger partial charge in [0.25, 0.3) is 0 Å². The summed E-state index contributed by atoms with van der Waals surface area (Å²) >= 11 is 1.34. The molecule has 0 aromatic carbocycles. The van der Waals surface area contributed by atoms with Gasteiger partial charge in [0.2, 0.25) is 5.91 Å². The van der Waals surface area contributed by atoms with Crippen molar-refractivity contribution >= 4 is 28.3 Å². The standard InChI is InChI=1S/C23H21N5O3S/c24-12-19-18-8-11-28(23(30)31-15-16-4-3-9-25-13-16)14-20(18)32-22(19)27-21(29)7-6-17-5-1-2-10-26-17/h1-5,9-10,13H,6-8,11,14-15H2,(H,27,29). The molecule has 0 aliphatic carbocycles. The second-order valence-corrected chi connectivity index (χ2v) is 8.38. The minimum absolute atomic E-state index is 0.154. The first-order valence-corrected chi connectivity index (χ1v) is 11.0. The van der Waals surface area contributed by atoms with E-state index >= 15 is 0 Å². The van der Waals surface area contributed by atoms with E-state index in [2.05, 4.69) is 21.4 Å². The average Bonchev–Trinajstić information content (AvgIpc) is 3.18. The molecule has 0 bridgehead atoms. The number of carbonyl (C=O) groups is 2. The van der Waals surface area contributed by atoms with Crippen LogP contribution in [0.1, 0.15) is 33.7 Å². The summed E-state index contributed by atoms with van der Waals surface area (Å²) in [6.45, 7) is 0.962. The van der Waals surface area contributed by atoms with Crippen molar-refractivity contribution in [2.75, 3.05) is 11.9 Å². The van der Waals surface area contributed by atoms with Crippen LogP contribution in [0.3, 0.4) is 0 Å². The predicted octanol–water partition coefficient (Wildman–Crippen LogP) is 3.68. The summed E-state index contributed by atoms with van der Waals surface area (Å²) in [6.07, 6.45) is 5.95. The monoisotopic (exact) mass is 447 g/mol. The lowest BCUT2D eigenvalue weighted by atomic mass is 10.0. The van der Waals surface area contributed by atoms with E-state index in [4.69, 9.17) is 4.74 Å². The SMILES string of the molecule is N#Cc1c(NC(=O)CCc2ccccn2)sc2c1CCN(C(=O)OCc1cccnc1)C2. The van der Waals surface area contributed by atoms with Gasteiger partial charge >= 0.3 is 6.09 Å². The number of pyridine rings is 2. The van der Waals surface area contributed by atoms with Crippen LogP contribution >= 0.6 is 11.3 Å². The number of aryl methyl sites for hydroxylation is 1. The molecule has 1 aliphatic rings. The number of hydrogen-bond donors (Lipinski definition) is 1. The summed E-state index contributed by atoms with van der Waals surface area (Å²) in [5.74, 6) is -0.168. The molecule has 0 fully saturated rings. The first-order chi connectivity index (χ1) is 15.6. The molecule has 162 valence electrons. The van der Waals surface area contributed by atoms with Crippen molar-refractivity contribution in [2.45, 2.75) is 32.4 Å². The van der Waals surface area contributed by atoms with Gasteiger partial charge in [-0.3, -0.25) is 14.8 Å². The van der Waals surface area contributed by atoms with Crippen LogP contribution in [0.15, 0.2) is 48.9 Å². The Morgan fingerprint density at radius 3 is 2.91 bits per heavy atom. The van der Waals surface area contributed by atoms with Gasteiger partial charge in [-0.1, -0.05) is 12.1 Å². The Labute approximate surface area is 189 Å². The lowest BCUT2D eigenvalue weighted by molar-refractivity contribution is -0.116. The van der Waals surface area contributed by atoms with Crippen LogP contribution in [0.25, 0.3) is 0 Å². The van der Waals surface area contributed by atoms with Crippen LogP contribution in [-0.4, -0.2) is 33.4 Å². The average molecular weight is 448 g/mol. The number of ether oxygens (including phenoxy) is 1. The highest BCUT2D eigenvalue weighted by molar-refractivity contribution is 7.16. The number of thiophene rings is 1. The third-order valence-corrected chi connectivity index (χ3v) is 6.23. The number of fused-ring (bicyclic) bond motifs is 1. The molecule has 3 aromatic rings. The van der Waals surface area contributed by atoms with Crippen molar-refractivity contribution in [2.24, 2.45) is 0 Å². The Morgan fingerprint density at radius 2 is 2.16 bits per heavy atom. The zero-order chi connectivity index (χ0) is 22.3. The molecule has 3 aromatic heterocycles. The first-order valence-electron chi connectivity index (χ1n) is 10.2. The Hall–Kier alpha value is -3.77. The highest BCUT2D eigenvalue weighted by Crippen LogP contribution is 2.37. The van der Waals surface area contributed by atoms with E-state index in [-0.39, 0.29) is 18.9 Å². The third-order valence-electron chi connectivity index (χ3n) is 5.10. The maximum atomic E-state index is 12.5. The van der Waals surface area contributed by atoms with Gasteiger partial charge in [-0.25, -0.2) is 4.79 Å². The zero-order valence-electron chi connectivity index (χ0n) is 17.3. The van der Waals surface area contributed by atoms with Gasteiger partial charge in [0.05, 0.1) is 12.1 Å². The smallest absolute Gasteiger partial charge is 0.410 e. The van der Waals surface area contributed by atoms with Crippen LogP contribution in [0.5, 0.6) is 0 Å². The summed E-state index contributed by atoms with van der Waals surface area (Å²) in [6, 6.07) is 11.4. The highest BCUT2D eigenvalue weighted by Gasteiger charge is 2.28. The number of nitrogens with one attached hydrogen (secondary N) is 1. The quantitative estimate of drug-likeness (QED) is 0.618. The molecule has 4 heterocycles. The van der Waals surface area contributed by atoms with Crippen molar-refractivity contribution in [3.8, 4) is 6.07 Å². The fourth-order valence-corrected chi connectivity index (χ4v) is 4.69. The van der Waals surface area contributed by atoms with E-state index in [1.165, 1.54) is 11.3 Å². The van der Waals surface area contributed by atoms with Crippen LogP contribution in [0.2, 0.25) is 0 Å². The van der Waals surface area contributed by atoms with Gasteiger partial charge in [-0.15, -0.1) is 11.3 Å². The third kappa shape index (κ3) is 5.10. The minimum atomic E-state index is -0.410. The normalized spacial score (nSPS) is 12.5. The maximum Gasteiger partial charge on any atom is 0.410 e. The van der Waals surface area contributed by atoms with E-state index in [0.717, 1.165) is 21.7 Å². The van der Waals surface area contributed by atoms with Crippen LogP contribution < -0.4 is 5.32 Å². The van der Waals surface area contributed by atoms with Crippen molar-refractivity contribution in [3.05, 3.63) is 76.2 Å². The van der Waals surface area contributed by atoms with E-state index in [9.17, 15) is 14.9 Å². The molecule has 9 heteroatoms. The lowest BCUT2D eigenvalue weighted by Crippen LogP contribution is -2.35. The summed E-state index contributed by atoms with van der Waals surface area (Å²) in [5.41, 5.74) is 3.04. The molecule has 0 saturated heterocycles. The van der Waals surface area contributed by atoms with Crippen LogP contribution in [-0.2, 0) is 35.5 Å². The molecule has 0 atom stereocenters. The molecule has 0 spiro atoms.